The Labute approximate surface area is 103 Å². The van der Waals surface area contributed by atoms with E-state index in [0.29, 0.717) is 0 Å². The molecular formula is C12H19NO3S. The minimum Gasteiger partial charge on any atom is -0.393 e. The lowest BCUT2D eigenvalue weighted by Crippen LogP contribution is -2.22. The highest BCUT2D eigenvalue weighted by Crippen LogP contribution is 2.21. The summed E-state index contributed by atoms with van der Waals surface area (Å²) in [6.07, 6.45) is -0.452. The average Bonchev–Trinajstić information content (AvgIpc) is 2.27. The number of hydrogen-bond donors (Lipinski definition) is 1. The summed E-state index contributed by atoms with van der Waals surface area (Å²) in [4.78, 5) is 0.268. The molecule has 0 radical (unpaired) electrons. The Morgan fingerprint density at radius 2 is 1.59 bits per heavy atom. The molecule has 4 nitrogen and oxygen atoms in total. The average molecular weight is 257 g/mol. The lowest BCUT2D eigenvalue weighted by molar-refractivity contribution is 0.169. The molecule has 0 bridgehead atoms. The van der Waals surface area contributed by atoms with E-state index in [2.05, 4.69) is 0 Å². The molecule has 1 N–H and O–H groups in total. The summed E-state index contributed by atoms with van der Waals surface area (Å²) in [6, 6.07) is 6.63. The van der Waals surface area contributed by atoms with E-state index < -0.39 is 16.1 Å². The maximum Gasteiger partial charge on any atom is 0.242 e. The van der Waals surface area contributed by atoms with Crippen molar-refractivity contribution in [1.82, 2.24) is 4.31 Å². The summed E-state index contributed by atoms with van der Waals surface area (Å²) in [7, 11) is -0.365. The Bertz CT molecular complexity index is 463. The van der Waals surface area contributed by atoms with Gasteiger partial charge in [-0.1, -0.05) is 19.1 Å². The summed E-state index contributed by atoms with van der Waals surface area (Å²) < 4.78 is 24.8. The highest BCUT2D eigenvalue weighted by atomic mass is 32.2. The topological polar surface area (TPSA) is 57.6 Å². The Hall–Kier alpha value is -0.910. The SMILES string of the molecule is CC(O)C(C)c1ccc(S(=O)(=O)N(C)C)cc1. The molecule has 2 unspecified atom stereocenters. The zero-order valence-corrected chi connectivity index (χ0v) is 11.4. The van der Waals surface area contributed by atoms with Gasteiger partial charge in [-0.05, 0) is 24.6 Å². The van der Waals surface area contributed by atoms with Crippen molar-refractivity contribution in [2.45, 2.75) is 30.8 Å². The summed E-state index contributed by atoms with van der Waals surface area (Å²) in [6.45, 7) is 3.62. The molecule has 2 atom stereocenters. The van der Waals surface area contributed by atoms with Crippen LogP contribution in [0.25, 0.3) is 0 Å². The second-order valence-electron chi connectivity index (χ2n) is 4.39. The van der Waals surface area contributed by atoms with Crippen molar-refractivity contribution in [1.29, 1.82) is 0 Å². The molecule has 96 valence electrons. The molecule has 0 amide bonds. The van der Waals surface area contributed by atoms with Crippen molar-refractivity contribution in [2.24, 2.45) is 0 Å². The third-order valence-corrected chi connectivity index (χ3v) is 4.74. The highest BCUT2D eigenvalue weighted by Gasteiger charge is 2.18. The first-order valence-electron chi connectivity index (χ1n) is 5.47. The fraction of sp³-hybridized carbons (Fsp3) is 0.500. The van der Waals surface area contributed by atoms with Gasteiger partial charge in [0.05, 0.1) is 11.0 Å². The van der Waals surface area contributed by atoms with Gasteiger partial charge in [0, 0.05) is 20.0 Å². The number of benzene rings is 1. The molecule has 1 rings (SSSR count). The van der Waals surface area contributed by atoms with Crippen molar-refractivity contribution in [3.63, 3.8) is 0 Å². The quantitative estimate of drug-likeness (QED) is 0.887. The Kier molecular flexibility index (Phi) is 4.30. The molecule has 0 aliphatic rings. The van der Waals surface area contributed by atoms with Gasteiger partial charge in [-0.25, -0.2) is 12.7 Å². The van der Waals surface area contributed by atoms with Crippen molar-refractivity contribution in [2.75, 3.05) is 14.1 Å². The normalized spacial score (nSPS) is 15.9. The molecule has 0 fully saturated rings. The van der Waals surface area contributed by atoms with Crippen LogP contribution in [-0.4, -0.2) is 38.0 Å². The molecule has 1 aromatic carbocycles. The summed E-state index contributed by atoms with van der Waals surface area (Å²) >= 11 is 0. The van der Waals surface area contributed by atoms with Crippen LogP contribution in [0.3, 0.4) is 0 Å². The number of nitrogens with zero attached hydrogens (tertiary/aromatic N) is 1. The minimum absolute atomic E-state index is 0.00823. The Balaban J connectivity index is 3.05. The molecule has 1 aromatic rings. The molecule has 0 heterocycles. The summed E-state index contributed by atoms with van der Waals surface area (Å²) in [5.41, 5.74) is 0.928. The van der Waals surface area contributed by atoms with Crippen LogP contribution in [0.2, 0.25) is 0 Å². The molecule has 0 aliphatic carbocycles. The first-order valence-corrected chi connectivity index (χ1v) is 6.91. The third kappa shape index (κ3) is 3.06. The van der Waals surface area contributed by atoms with Gasteiger partial charge in [-0.3, -0.25) is 0 Å². The Morgan fingerprint density at radius 1 is 1.12 bits per heavy atom. The van der Waals surface area contributed by atoms with Crippen LogP contribution >= 0.6 is 0 Å². The molecule has 5 heteroatoms. The second kappa shape index (κ2) is 5.16. The lowest BCUT2D eigenvalue weighted by atomic mass is 9.97. The van der Waals surface area contributed by atoms with Crippen LogP contribution in [0.4, 0.5) is 0 Å². The van der Waals surface area contributed by atoms with Crippen molar-refractivity contribution in [3.8, 4) is 0 Å². The number of hydrogen-bond acceptors (Lipinski definition) is 3. The van der Waals surface area contributed by atoms with E-state index in [4.69, 9.17) is 0 Å². The predicted molar refractivity (Wildman–Crippen MR) is 67.4 cm³/mol. The van der Waals surface area contributed by atoms with E-state index in [-0.39, 0.29) is 10.8 Å². The fourth-order valence-electron chi connectivity index (χ4n) is 1.43. The fourth-order valence-corrected chi connectivity index (χ4v) is 2.33. The third-order valence-electron chi connectivity index (χ3n) is 2.91. The molecule has 17 heavy (non-hydrogen) atoms. The van der Waals surface area contributed by atoms with E-state index in [1.54, 1.807) is 31.2 Å². The summed E-state index contributed by atoms with van der Waals surface area (Å²) in [5.74, 6) is -0.00823. The largest absolute Gasteiger partial charge is 0.393 e. The first kappa shape index (κ1) is 14.2. The van der Waals surface area contributed by atoms with Gasteiger partial charge in [0.1, 0.15) is 0 Å². The summed E-state index contributed by atoms with van der Waals surface area (Å²) in [5, 5.41) is 9.47. The van der Waals surface area contributed by atoms with Gasteiger partial charge in [-0.2, -0.15) is 0 Å². The van der Waals surface area contributed by atoms with E-state index in [1.165, 1.54) is 18.4 Å². The maximum absolute atomic E-state index is 11.8. The smallest absolute Gasteiger partial charge is 0.242 e. The second-order valence-corrected chi connectivity index (χ2v) is 6.54. The van der Waals surface area contributed by atoms with Crippen LogP contribution in [0.5, 0.6) is 0 Å². The van der Waals surface area contributed by atoms with Crippen LogP contribution in [0.1, 0.15) is 25.3 Å². The van der Waals surface area contributed by atoms with E-state index in [1.807, 2.05) is 6.92 Å². The van der Waals surface area contributed by atoms with Crippen molar-refractivity contribution < 1.29 is 13.5 Å². The van der Waals surface area contributed by atoms with E-state index >= 15 is 0 Å². The monoisotopic (exact) mass is 257 g/mol. The molecule has 0 saturated heterocycles. The predicted octanol–water partition coefficient (Wildman–Crippen LogP) is 1.42. The zero-order chi connectivity index (χ0) is 13.2. The molecule has 0 aromatic heterocycles. The Morgan fingerprint density at radius 3 is 1.94 bits per heavy atom. The van der Waals surface area contributed by atoms with Gasteiger partial charge in [0.2, 0.25) is 10.0 Å². The van der Waals surface area contributed by atoms with Crippen LogP contribution < -0.4 is 0 Å². The maximum atomic E-state index is 11.8. The molecular weight excluding hydrogens is 238 g/mol. The van der Waals surface area contributed by atoms with E-state index in [0.717, 1.165) is 5.56 Å². The van der Waals surface area contributed by atoms with Crippen molar-refractivity contribution in [3.05, 3.63) is 29.8 Å². The van der Waals surface area contributed by atoms with Gasteiger partial charge in [0.25, 0.3) is 0 Å². The lowest BCUT2D eigenvalue weighted by Gasteiger charge is -2.16. The van der Waals surface area contributed by atoms with Crippen molar-refractivity contribution >= 4 is 10.0 Å². The number of sulfonamides is 1. The highest BCUT2D eigenvalue weighted by molar-refractivity contribution is 7.89. The van der Waals surface area contributed by atoms with E-state index in [9.17, 15) is 13.5 Å². The number of rotatable bonds is 4. The number of aliphatic hydroxyl groups excluding tert-OH is 1. The molecule has 0 spiro atoms. The standard InChI is InChI=1S/C12H19NO3S/c1-9(10(2)14)11-5-7-12(8-6-11)17(15,16)13(3)4/h5-10,14H,1-4H3. The first-order chi connectivity index (χ1) is 7.76. The minimum atomic E-state index is -3.37. The van der Waals surface area contributed by atoms with Crippen LogP contribution in [0, 0.1) is 0 Å². The molecule has 0 saturated carbocycles. The molecule has 0 aliphatic heterocycles. The number of aliphatic hydroxyl groups is 1. The van der Waals surface area contributed by atoms with Gasteiger partial charge < -0.3 is 5.11 Å². The van der Waals surface area contributed by atoms with Gasteiger partial charge in [-0.15, -0.1) is 0 Å². The van der Waals surface area contributed by atoms with Crippen LogP contribution in [-0.2, 0) is 10.0 Å². The van der Waals surface area contributed by atoms with Crippen LogP contribution in [0.15, 0.2) is 29.2 Å². The van der Waals surface area contributed by atoms with Gasteiger partial charge in [0.15, 0.2) is 0 Å². The van der Waals surface area contributed by atoms with Gasteiger partial charge >= 0.3 is 0 Å². The zero-order valence-electron chi connectivity index (χ0n) is 10.6.